The first-order valence-corrected chi connectivity index (χ1v) is 15.0. The number of H-pyrrole nitrogens is 1. The number of sulfonamides is 1. The second-order valence-electron chi connectivity index (χ2n) is 9.85. The molecule has 1 amide bonds. The SMILES string of the molecule is CNC(=O)c1c(-c2ccc(F)cc2)oc2cc(N(C)S(C)(=O)=O)c(-c3ccc(OC)c(-c4cc5ncccc5[nH]4)n3)cc12. The van der Waals surface area contributed by atoms with Crippen molar-refractivity contribution in [2.45, 2.75) is 0 Å². The molecule has 218 valence electrons. The minimum Gasteiger partial charge on any atom is -0.494 e. The van der Waals surface area contributed by atoms with Crippen LogP contribution >= 0.6 is 0 Å². The number of nitrogens with zero attached hydrogens (tertiary/aromatic N) is 3. The molecule has 0 saturated heterocycles. The first-order valence-electron chi connectivity index (χ1n) is 13.1. The van der Waals surface area contributed by atoms with Crippen LogP contribution in [0.4, 0.5) is 10.1 Å². The molecule has 0 fully saturated rings. The maximum atomic E-state index is 13.7. The summed E-state index contributed by atoms with van der Waals surface area (Å²) in [5.41, 5.74) is 4.78. The average molecular weight is 600 g/mol. The van der Waals surface area contributed by atoms with Gasteiger partial charge < -0.3 is 19.5 Å². The number of methoxy groups -OCH3 is 1. The van der Waals surface area contributed by atoms with Gasteiger partial charge in [0.15, 0.2) is 0 Å². The van der Waals surface area contributed by atoms with Crippen LogP contribution in [0.25, 0.3) is 56.0 Å². The molecule has 2 N–H and O–H groups in total. The van der Waals surface area contributed by atoms with Crippen LogP contribution < -0.4 is 14.4 Å². The number of hydrogen-bond donors (Lipinski definition) is 2. The van der Waals surface area contributed by atoms with E-state index in [-0.39, 0.29) is 22.6 Å². The molecule has 0 aliphatic rings. The Morgan fingerprint density at radius 3 is 2.53 bits per heavy atom. The molecule has 4 aromatic heterocycles. The highest BCUT2D eigenvalue weighted by atomic mass is 32.2. The van der Waals surface area contributed by atoms with Gasteiger partial charge in [-0.3, -0.25) is 14.1 Å². The van der Waals surface area contributed by atoms with Crippen LogP contribution in [-0.2, 0) is 10.0 Å². The average Bonchev–Trinajstić information content (AvgIpc) is 3.61. The number of ether oxygens (including phenoxy) is 1. The largest absolute Gasteiger partial charge is 0.494 e. The van der Waals surface area contributed by atoms with Crippen LogP contribution in [-0.4, -0.2) is 56.7 Å². The number of aromatic amines is 1. The fourth-order valence-corrected chi connectivity index (χ4v) is 5.48. The van der Waals surface area contributed by atoms with E-state index >= 15 is 0 Å². The zero-order chi connectivity index (χ0) is 30.5. The van der Waals surface area contributed by atoms with E-state index in [0.717, 1.165) is 21.6 Å². The van der Waals surface area contributed by atoms with Gasteiger partial charge in [0.05, 0.1) is 47.0 Å². The van der Waals surface area contributed by atoms with Crippen molar-refractivity contribution in [3.05, 3.63) is 84.3 Å². The molecule has 0 radical (unpaired) electrons. The van der Waals surface area contributed by atoms with Gasteiger partial charge in [0.1, 0.15) is 28.6 Å². The van der Waals surface area contributed by atoms with Crippen LogP contribution in [0.3, 0.4) is 0 Å². The van der Waals surface area contributed by atoms with E-state index in [2.05, 4.69) is 15.3 Å². The van der Waals surface area contributed by atoms with Crippen molar-refractivity contribution >= 4 is 43.6 Å². The molecular formula is C31H26FN5O5S. The molecular weight excluding hydrogens is 573 g/mol. The van der Waals surface area contributed by atoms with Crippen LogP contribution in [0.15, 0.2) is 77.3 Å². The minimum atomic E-state index is -3.72. The zero-order valence-corrected chi connectivity index (χ0v) is 24.4. The van der Waals surface area contributed by atoms with Crippen molar-refractivity contribution in [1.82, 2.24) is 20.3 Å². The van der Waals surface area contributed by atoms with E-state index in [1.54, 1.807) is 30.5 Å². The number of anilines is 1. The van der Waals surface area contributed by atoms with Gasteiger partial charge in [-0.1, -0.05) is 0 Å². The maximum absolute atomic E-state index is 13.7. The Morgan fingerprint density at radius 2 is 1.86 bits per heavy atom. The van der Waals surface area contributed by atoms with Crippen LogP contribution in [0.5, 0.6) is 5.75 Å². The van der Waals surface area contributed by atoms with E-state index < -0.39 is 21.7 Å². The summed E-state index contributed by atoms with van der Waals surface area (Å²) in [6.07, 6.45) is 2.78. The van der Waals surface area contributed by atoms with Gasteiger partial charge in [-0.05, 0) is 60.7 Å². The molecule has 0 bridgehead atoms. The number of rotatable bonds is 7. The third-order valence-corrected chi connectivity index (χ3v) is 8.39. The number of carbonyl (C=O) groups is 1. The van der Waals surface area contributed by atoms with E-state index in [1.807, 2.05) is 18.2 Å². The van der Waals surface area contributed by atoms with Crippen molar-refractivity contribution < 1.29 is 26.8 Å². The molecule has 0 saturated carbocycles. The summed E-state index contributed by atoms with van der Waals surface area (Å²) in [5, 5.41) is 3.06. The van der Waals surface area contributed by atoms with E-state index in [4.69, 9.17) is 14.1 Å². The molecule has 2 aromatic carbocycles. The molecule has 0 unspecified atom stereocenters. The number of benzene rings is 2. The normalized spacial score (nSPS) is 11.7. The summed E-state index contributed by atoms with van der Waals surface area (Å²) >= 11 is 0. The fourth-order valence-electron chi connectivity index (χ4n) is 4.97. The Morgan fingerprint density at radius 1 is 1.09 bits per heavy atom. The van der Waals surface area contributed by atoms with Crippen molar-refractivity contribution in [1.29, 1.82) is 0 Å². The Bertz CT molecular complexity index is 2110. The molecule has 0 spiro atoms. The lowest BCUT2D eigenvalue weighted by molar-refractivity contribution is 0.0964. The van der Waals surface area contributed by atoms with Crippen LogP contribution in [0, 0.1) is 5.82 Å². The fraction of sp³-hybridized carbons (Fsp3) is 0.129. The second-order valence-corrected chi connectivity index (χ2v) is 11.9. The quantitative estimate of drug-likeness (QED) is 0.244. The lowest BCUT2D eigenvalue weighted by Gasteiger charge is -2.21. The molecule has 12 heteroatoms. The third kappa shape index (κ3) is 4.95. The van der Waals surface area contributed by atoms with Crippen molar-refractivity contribution in [2.24, 2.45) is 0 Å². The molecule has 43 heavy (non-hydrogen) atoms. The number of fused-ring (bicyclic) bond motifs is 2. The minimum absolute atomic E-state index is 0.216. The summed E-state index contributed by atoms with van der Waals surface area (Å²) < 4.78 is 52.1. The highest BCUT2D eigenvalue weighted by molar-refractivity contribution is 7.92. The Kier molecular flexibility index (Phi) is 6.85. The number of aromatic nitrogens is 3. The Labute approximate surface area is 246 Å². The monoisotopic (exact) mass is 599 g/mol. The summed E-state index contributed by atoms with van der Waals surface area (Å²) in [7, 11) is 0.734. The van der Waals surface area contributed by atoms with E-state index in [0.29, 0.717) is 39.3 Å². The molecule has 10 nitrogen and oxygen atoms in total. The highest BCUT2D eigenvalue weighted by Crippen LogP contribution is 2.42. The summed E-state index contributed by atoms with van der Waals surface area (Å²) in [6, 6.07) is 17.8. The highest BCUT2D eigenvalue weighted by Gasteiger charge is 2.27. The summed E-state index contributed by atoms with van der Waals surface area (Å²) in [5.74, 6) is -0.161. The standard InChI is InChI=1S/C31H26FN5O5S/c1-33-31(38)28-20-14-19(21-11-12-26(41-3)29(36-21)24-15-23-22(35-24)6-5-13-34-23)25(37(2)43(4,39)40)16-27(20)42-30(28)17-7-9-18(32)10-8-17/h5-16,35H,1-4H3,(H,33,38). The number of carbonyl (C=O) groups excluding carboxylic acids is 1. The number of halogens is 1. The maximum Gasteiger partial charge on any atom is 0.255 e. The molecule has 0 atom stereocenters. The van der Waals surface area contributed by atoms with Crippen LogP contribution in [0.1, 0.15) is 10.4 Å². The lowest BCUT2D eigenvalue weighted by Crippen LogP contribution is -2.25. The Hall–Kier alpha value is -5.23. The predicted molar refractivity (Wildman–Crippen MR) is 163 cm³/mol. The van der Waals surface area contributed by atoms with Crippen molar-refractivity contribution in [3.63, 3.8) is 0 Å². The van der Waals surface area contributed by atoms with Gasteiger partial charge in [-0.2, -0.15) is 0 Å². The topological polar surface area (TPSA) is 130 Å². The summed E-state index contributed by atoms with van der Waals surface area (Å²) in [4.78, 5) is 25.8. The molecule has 6 rings (SSSR count). The number of nitrogens with one attached hydrogen (secondary N) is 2. The lowest BCUT2D eigenvalue weighted by atomic mass is 10.0. The number of furan rings is 1. The number of pyridine rings is 2. The van der Waals surface area contributed by atoms with Crippen molar-refractivity contribution in [3.8, 4) is 39.7 Å². The molecule has 4 heterocycles. The predicted octanol–water partition coefficient (Wildman–Crippen LogP) is 5.61. The first-order chi connectivity index (χ1) is 20.6. The molecule has 6 aromatic rings. The van der Waals surface area contributed by atoms with E-state index in [1.165, 1.54) is 45.5 Å². The van der Waals surface area contributed by atoms with Gasteiger partial charge in [0, 0.05) is 42.9 Å². The molecule has 0 aliphatic heterocycles. The van der Waals surface area contributed by atoms with Gasteiger partial charge in [0.2, 0.25) is 10.0 Å². The second kappa shape index (κ2) is 10.6. The van der Waals surface area contributed by atoms with Crippen LogP contribution in [0.2, 0.25) is 0 Å². The van der Waals surface area contributed by atoms with Crippen molar-refractivity contribution in [2.75, 3.05) is 31.8 Å². The van der Waals surface area contributed by atoms with Gasteiger partial charge in [-0.15, -0.1) is 0 Å². The Balaban J connectivity index is 1.64. The summed E-state index contributed by atoms with van der Waals surface area (Å²) in [6.45, 7) is 0. The van der Waals surface area contributed by atoms with Gasteiger partial charge >= 0.3 is 0 Å². The third-order valence-electron chi connectivity index (χ3n) is 7.20. The van der Waals surface area contributed by atoms with E-state index in [9.17, 15) is 17.6 Å². The number of hydrogen-bond acceptors (Lipinski definition) is 7. The smallest absolute Gasteiger partial charge is 0.255 e. The zero-order valence-electron chi connectivity index (χ0n) is 23.6. The first kappa shape index (κ1) is 27.9. The molecule has 0 aliphatic carbocycles. The number of amides is 1. The van der Waals surface area contributed by atoms with Gasteiger partial charge in [-0.25, -0.2) is 17.8 Å². The van der Waals surface area contributed by atoms with Gasteiger partial charge in [0.25, 0.3) is 5.91 Å².